The van der Waals surface area contributed by atoms with E-state index in [1.54, 1.807) is 21.3 Å². The third kappa shape index (κ3) is 8.92. The van der Waals surface area contributed by atoms with E-state index in [1.807, 2.05) is 31.2 Å². The van der Waals surface area contributed by atoms with Gasteiger partial charge in [-0.05, 0) is 39.1 Å². The van der Waals surface area contributed by atoms with Crippen molar-refractivity contribution in [3.05, 3.63) is 24.3 Å². The Labute approximate surface area is 157 Å². The van der Waals surface area contributed by atoms with E-state index < -0.39 is 0 Å². The quantitative estimate of drug-likeness (QED) is 0.333. The fourth-order valence-corrected chi connectivity index (χ4v) is 2.35. The van der Waals surface area contributed by atoms with Gasteiger partial charge in [0.2, 0.25) is 0 Å². The van der Waals surface area contributed by atoms with E-state index in [4.69, 9.17) is 14.2 Å². The van der Waals surface area contributed by atoms with Crippen molar-refractivity contribution in [1.29, 1.82) is 0 Å². The molecule has 7 heteroatoms. The molecule has 0 bridgehead atoms. The lowest BCUT2D eigenvalue weighted by molar-refractivity contribution is 0.161. The minimum absolute atomic E-state index is 0.0231. The molecule has 0 aliphatic carbocycles. The van der Waals surface area contributed by atoms with Gasteiger partial charge in [0.15, 0.2) is 17.5 Å². The van der Waals surface area contributed by atoms with Crippen LogP contribution in [-0.4, -0.2) is 78.1 Å². The first-order valence-electron chi connectivity index (χ1n) is 9.02. The molecule has 1 atom stereocenters. The average molecular weight is 367 g/mol. The summed E-state index contributed by atoms with van der Waals surface area (Å²) in [5, 5.41) is 6.61. The zero-order valence-corrected chi connectivity index (χ0v) is 16.7. The van der Waals surface area contributed by atoms with Gasteiger partial charge < -0.3 is 29.7 Å². The van der Waals surface area contributed by atoms with Crippen LogP contribution in [0, 0.1) is 0 Å². The standard InChI is InChI=1S/C19H34N4O3/c1-16(26-18-10-7-6-9-17(18)25-5)15-22-19(20-2)21-11-8-12-23(3)13-14-24-4/h6-7,9-10,16H,8,11-15H2,1-5H3,(H2,20,21,22). The summed E-state index contributed by atoms with van der Waals surface area (Å²) >= 11 is 0. The predicted molar refractivity (Wildman–Crippen MR) is 106 cm³/mol. The van der Waals surface area contributed by atoms with Gasteiger partial charge in [0.05, 0.1) is 20.3 Å². The number of nitrogens with one attached hydrogen (secondary N) is 2. The molecule has 0 fully saturated rings. The van der Waals surface area contributed by atoms with Gasteiger partial charge in [-0.2, -0.15) is 0 Å². The Balaban J connectivity index is 2.26. The lowest BCUT2D eigenvalue weighted by Gasteiger charge is -2.19. The molecule has 0 radical (unpaired) electrons. The molecule has 0 amide bonds. The number of likely N-dealkylation sites (N-methyl/N-ethyl adjacent to an activating group) is 1. The molecule has 148 valence electrons. The number of rotatable bonds is 12. The van der Waals surface area contributed by atoms with Gasteiger partial charge in [-0.15, -0.1) is 0 Å². The monoisotopic (exact) mass is 366 g/mol. The molecule has 1 rings (SSSR count). The van der Waals surface area contributed by atoms with Crippen LogP contribution in [0.25, 0.3) is 0 Å². The maximum absolute atomic E-state index is 5.94. The van der Waals surface area contributed by atoms with Crippen LogP contribution in [0.5, 0.6) is 11.5 Å². The number of benzene rings is 1. The Morgan fingerprint density at radius 2 is 1.88 bits per heavy atom. The van der Waals surface area contributed by atoms with Crippen molar-refractivity contribution in [3.8, 4) is 11.5 Å². The zero-order chi connectivity index (χ0) is 19.2. The number of para-hydroxylation sites is 2. The largest absolute Gasteiger partial charge is 0.493 e. The molecule has 0 saturated carbocycles. The Morgan fingerprint density at radius 3 is 2.54 bits per heavy atom. The van der Waals surface area contributed by atoms with Crippen molar-refractivity contribution in [1.82, 2.24) is 15.5 Å². The third-order valence-electron chi connectivity index (χ3n) is 3.86. The maximum Gasteiger partial charge on any atom is 0.191 e. The van der Waals surface area contributed by atoms with Crippen LogP contribution in [0.1, 0.15) is 13.3 Å². The highest BCUT2D eigenvalue weighted by Gasteiger charge is 2.09. The van der Waals surface area contributed by atoms with Crippen LogP contribution < -0.4 is 20.1 Å². The lowest BCUT2D eigenvalue weighted by Crippen LogP contribution is -2.42. The molecular formula is C19H34N4O3. The molecule has 2 N–H and O–H groups in total. The number of ether oxygens (including phenoxy) is 3. The van der Waals surface area contributed by atoms with E-state index >= 15 is 0 Å². The molecule has 1 unspecified atom stereocenters. The molecule has 0 aromatic heterocycles. The molecule has 0 saturated heterocycles. The summed E-state index contributed by atoms with van der Waals surface area (Å²) in [5.41, 5.74) is 0. The fraction of sp³-hybridized carbons (Fsp3) is 0.632. The van der Waals surface area contributed by atoms with Crippen LogP contribution >= 0.6 is 0 Å². The highest BCUT2D eigenvalue weighted by Crippen LogP contribution is 2.26. The normalized spacial score (nSPS) is 12.8. The minimum atomic E-state index is -0.0231. The van der Waals surface area contributed by atoms with E-state index in [9.17, 15) is 0 Å². The Hall–Kier alpha value is -1.99. The van der Waals surface area contributed by atoms with Crippen molar-refractivity contribution in [2.45, 2.75) is 19.4 Å². The zero-order valence-electron chi connectivity index (χ0n) is 16.7. The van der Waals surface area contributed by atoms with Gasteiger partial charge >= 0.3 is 0 Å². The smallest absolute Gasteiger partial charge is 0.191 e. The van der Waals surface area contributed by atoms with Crippen LogP contribution in [0.3, 0.4) is 0 Å². The summed E-state index contributed by atoms with van der Waals surface area (Å²) < 4.78 is 16.3. The van der Waals surface area contributed by atoms with E-state index in [-0.39, 0.29) is 6.10 Å². The summed E-state index contributed by atoms with van der Waals surface area (Å²) in [4.78, 5) is 6.50. The first kappa shape index (κ1) is 22.1. The predicted octanol–water partition coefficient (Wildman–Crippen LogP) is 1.60. The van der Waals surface area contributed by atoms with Crippen molar-refractivity contribution in [2.24, 2.45) is 4.99 Å². The van der Waals surface area contributed by atoms with Gasteiger partial charge in [-0.25, -0.2) is 0 Å². The second-order valence-corrected chi connectivity index (χ2v) is 6.11. The van der Waals surface area contributed by atoms with Crippen molar-refractivity contribution >= 4 is 5.96 Å². The molecule has 7 nitrogen and oxygen atoms in total. The lowest BCUT2D eigenvalue weighted by atomic mass is 10.3. The van der Waals surface area contributed by atoms with Crippen LogP contribution in [-0.2, 0) is 4.74 Å². The molecule has 26 heavy (non-hydrogen) atoms. The van der Waals surface area contributed by atoms with Gasteiger partial charge in [0, 0.05) is 27.2 Å². The minimum Gasteiger partial charge on any atom is -0.493 e. The number of guanidine groups is 1. The summed E-state index contributed by atoms with van der Waals surface area (Å²) in [6, 6.07) is 7.65. The molecule has 0 spiro atoms. The van der Waals surface area contributed by atoms with Gasteiger partial charge in [-0.3, -0.25) is 4.99 Å². The highest BCUT2D eigenvalue weighted by molar-refractivity contribution is 5.79. The van der Waals surface area contributed by atoms with E-state index in [2.05, 4.69) is 27.6 Å². The van der Waals surface area contributed by atoms with E-state index in [0.717, 1.165) is 50.1 Å². The van der Waals surface area contributed by atoms with Crippen LogP contribution in [0.2, 0.25) is 0 Å². The second kappa shape index (κ2) is 13.2. The Bertz CT molecular complexity index is 525. The first-order chi connectivity index (χ1) is 12.6. The van der Waals surface area contributed by atoms with Gasteiger partial charge in [0.25, 0.3) is 0 Å². The second-order valence-electron chi connectivity index (χ2n) is 6.11. The average Bonchev–Trinajstić information content (AvgIpc) is 2.66. The molecular weight excluding hydrogens is 332 g/mol. The van der Waals surface area contributed by atoms with E-state index in [1.165, 1.54) is 0 Å². The third-order valence-corrected chi connectivity index (χ3v) is 3.86. The highest BCUT2D eigenvalue weighted by atomic mass is 16.5. The van der Waals surface area contributed by atoms with Gasteiger partial charge in [-0.1, -0.05) is 12.1 Å². The van der Waals surface area contributed by atoms with E-state index in [0.29, 0.717) is 6.54 Å². The Kier molecular flexibility index (Phi) is 11.2. The summed E-state index contributed by atoms with van der Waals surface area (Å²) in [5.74, 6) is 2.26. The number of methoxy groups -OCH3 is 2. The fourth-order valence-electron chi connectivity index (χ4n) is 2.35. The molecule has 0 heterocycles. The van der Waals surface area contributed by atoms with Gasteiger partial charge in [0.1, 0.15) is 6.10 Å². The van der Waals surface area contributed by atoms with Crippen molar-refractivity contribution in [3.63, 3.8) is 0 Å². The molecule has 1 aromatic rings. The summed E-state index contributed by atoms with van der Waals surface area (Å²) in [6.07, 6.45) is 1.01. The van der Waals surface area contributed by atoms with Crippen LogP contribution in [0.15, 0.2) is 29.3 Å². The first-order valence-corrected chi connectivity index (χ1v) is 9.02. The molecule has 0 aliphatic heterocycles. The number of hydrogen-bond acceptors (Lipinski definition) is 5. The number of hydrogen-bond donors (Lipinski definition) is 2. The SMILES string of the molecule is CN=C(NCCCN(C)CCOC)NCC(C)Oc1ccccc1OC. The number of nitrogens with zero attached hydrogens (tertiary/aromatic N) is 2. The summed E-state index contributed by atoms with van der Waals surface area (Å²) in [7, 11) is 7.24. The maximum atomic E-state index is 5.94. The Morgan fingerprint density at radius 1 is 1.15 bits per heavy atom. The van der Waals surface area contributed by atoms with Crippen LogP contribution in [0.4, 0.5) is 0 Å². The summed E-state index contributed by atoms with van der Waals surface area (Å²) in [6.45, 7) is 6.24. The molecule has 1 aromatic carbocycles. The number of aliphatic imine (C=N–C) groups is 1. The molecule has 0 aliphatic rings. The van der Waals surface area contributed by atoms with Crippen molar-refractivity contribution in [2.75, 3.05) is 61.1 Å². The topological polar surface area (TPSA) is 67.4 Å². The van der Waals surface area contributed by atoms with Crippen molar-refractivity contribution < 1.29 is 14.2 Å².